The summed E-state index contributed by atoms with van der Waals surface area (Å²) in [4.78, 5) is 55.5. The molecule has 2 aliphatic heterocycles. The van der Waals surface area contributed by atoms with Gasteiger partial charge in [0, 0.05) is 33.8 Å². The Morgan fingerprint density at radius 1 is 1.10 bits per heavy atom. The fraction of sp³-hybridized carbons (Fsp3) is 0.433. The van der Waals surface area contributed by atoms with Crippen LogP contribution < -0.4 is 10.1 Å². The zero-order valence-electron chi connectivity index (χ0n) is 25.3. The predicted molar refractivity (Wildman–Crippen MR) is 170 cm³/mol. The Labute approximate surface area is 284 Å². The fourth-order valence-corrected chi connectivity index (χ4v) is 7.19. The van der Waals surface area contributed by atoms with Gasteiger partial charge < -0.3 is 24.4 Å². The summed E-state index contributed by atoms with van der Waals surface area (Å²) in [5.74, 6) is -2.31. The quantitative estimate of drug-likeness (QED) is 0.196. The minimum absolute atomic E-state index is 0.0349. The van der Waals surface area contributed by atoms with E-state index in [1.807, 2.05) is 6.07 Å². The molecule has 0 unspecified atom stereocenters. The maximum absolute atomic E-state index is 15.3. The predicted octanol–water partition coefficient (Wildman–Crippen LogP) is 4.76. The van der Waals surface area contributed by atoms with Gasteiger partial charge in [-0.05, 0) is 36.8 Å². The van der Waals surface area contributed by atoms with Crippen LogP contribution >= 0.6 is 34.7 Å². The van der Waals surface area contributed by atoms with Gasteiger partial charge in [-0.3, -0.25) is 29.1 Å². The van der Waals surface area contributed by atoms with Crippen molar-refractivity contribution in [2.75, 3.05) is 51.8 Å². The van der Waals surface area contributed by atoms with Gasteiger partial charge in [0.1, 0.15) is 18.5 Å². The molecule has 1 N–H and O–H groups in total. The Morgan fingerprint density at radius 2 is 1.88 bits per heavy atom. The lowest BCUT2D eigenvalue weighted by molar-refractivity contribution is -0.173. The van der Waals surface area contributed by atoms with Crippen molar-refractivity contribution < 1.29 is 51.0 Å². The number of rotatable bonds is 13. The van der Waals surface area contributed by atoms with Gasteiger partial charge in [0.05, 0.1) is 55.4 Å². The number of hydrogen-bond acceptors (Lipinski definition) is 10. The van der Waals surface area contributed by atoms with Gasteiger partial charge in [-0.2, -0.15) is 13.2 Å². The number of nitrogens with zero attached hydrogens (tertiary/aromatic N) is 3. The van der Waals surface area contributed by atoms with E-state index in [0.717, 1.165) is 21.3 Å². The number of pyridine rings is 1. The average Bonchev–Trinajstić information content (AvgIpc) is 3.71. The summed E-state index contributed by atoms with van der Waals surface area (Å²) < 4.78 is 69.1. The van der Waals surface area contributed by atoms with Crippen LogP contribution in [0.15, 0.2) is 30.5 Å². The maximum Gasteiger partial charge on any atom is 0.471 e. The van der Waals surface area contributed by atoms with Gasteiger partial charge in [0.15, 0.2) is 6.17 Å². The average molecular weight is 733 g/mol. The van der Waals surface area contributed by atoms with E-state index in [-0.39, 0.29) is 69.5 Å². The van der Waals surface area contributed by atoms with E-state index in [1.54, 1.807) is 36.6 Å². The van der Waals surface area contributed by atoms with Gasteiger partial charge in [0.25, 0.3) is 5.24 Å². The Bertz CT molecular complexity index is 1690. The number of carbonyl (C=O) groups is 4. The van der Waals surface area contributed by atoms with Gasteiger partial charge in [-0.15, -0.1) is 11.3 Å². The summed E-state index contributed by atoms with van der Waals surface area (Å²) in [5, 5.41) is 1.79. The summed E-state index contributed by atoms with van der Waals surface area (Å²) in [6.07, 6.45) is -5.87. The second-order valence-corrected chi connectivity index (χ2v) is 13.3. The maximum atomic E-state index is 15.3. The number of fused-ring (bicyclic) bond motifs is 1. The van der Waals surface area contributed by atoms with Gasteiger partial charge in [-0.1, -0.05) is 23.4 Å². The summed E-state index contributed by atoms with van der Waals surface area (Å²) in [6, 6.07) is 6.98. The summed E-state index contributed by atoms with van der Waals surface area (Å²) in [7, 11) is 0. The Hall–Kier alpha value is -3.51. The number of aryl methyl sites for hydroxylation is 1. The third-order valence-electron chi connectivity index (χ3n) is 7.35. The molecule has 2 aromatic heterocycles. The summed E-state index contributed by atoms with van der Waals surface area (Å²) in [5.41, 5.74) is 2.58. The van der Waals surface area contributed by atoms with Crippen molar-refractivity contribution in [3.05, 3.63) is 45.9 Å². The van der Waals surface area contributed by atoms with E-state index in [4.69, 9.17) is 25.8 Å². The van der Waals surface area contributed by atoms with Gasteiger partial charge in [-0.25, -0.2) is 4.39 Å². The summed E-state index contributed by atoms with van der Waals surface area (Å²) >= 11 is 8.78. The first kappa shape index (κ1) is 35.8. The highest BCUT2D eigenvalue weighted by molar-refractivity contribution is 8.14. The van der Waals surface area contributed by atoms with E-state index >= 15 is 4.39 Å². The first-order chi connectivity index (χ1) is 22.8. The van der Waals surface area contributed by atoms with Crippen LogP contribution in [0.25, 0.3) is 21.3 Å². The molecule has 2 aliphatic rings. The molecule has 48 heavy (non-hydrogen) atoms. The van der Waals surface area contributed by atoms with Crippen molar-refractivity contribution in [3.8, 4) is 16.9 Å². The van der Waals surface area contributed by atoms with Gasteiger partial charge >= 0.3 is 12.1 Å². The molecule has 2 fully saturated rings. The number of imide groups is 1. The number of benzene rings is 1. The monoisotopic (exact) mass is 732 g/mol. The topological polar surface area (TPSA) is 127 Å². The molecular weight excluding hydrogens is 704 g/mol. The molecule has 0 bridgehead atoms. The Kier molecular flexibility index (Phi) is 11.5. The Morgan fingerprint density at radius 3 is 2.60 bits per heavy atom. The van der Waals surface area contributed by atoms with E-state index in [2.05, 4.69) is 4.98 Å². The largest absolute Gasteiger partial charge is 0.485 e. The van der Waals surface area contributed by atoms with E-state index in [9.17, 15) is 32.3 Å². The van der Waals surface area contributed by atoms with Crippen molar-refractivity contribution in [3.63, 3.8) is 0 Å². The van der Waals surface area contributed by atoms with E-state index in [0.29, 0.717) is 33.0 Å². The minimum Gasteiger partial charge on any atom is -0.485 e. The molecule has 18 heteroatoms. The molecule has 0 radical (unpaired) electrons. The lowest BCUT2D eigenvalue weighted by Gasteiger charge is -2.21. The first-order valence-electron chi connectivity index (χ1n) is 14.6. The van der Waals surface area contributed by atoms with Crippen molar-refractivity contribution in [1.29, 1.82) is 0 Å². The normalized spacial score (nSPS) is 18.3. The molecule has 1 aromatic carbocycles. The van der Waals surface area contributed by atoms with Crippen LogP contribution in [0.3, 0.4) is 0 Å². The zero-order valence-corrected chi connectivity index (χ0v) is 27.7. The van der Waals surface area contributed by atoms with E-state index < -0.39 is 30.3 Å². The molecule has 258 valence electrons. The van der Waals surface area contributed by atoms with Crippen molar-refractivity contribution in [2.24, 2.45) is 0 Å². The van der Waals surface area contributed by atoms with Crippen LogP contribution in [0.4, 0.5) is 22.4 Å². The number of likely N-dealkylation sites (tertiary alicyclic amines) is 1. The molecule has 4 amide bonds. The van der Waals surface area contributed by atoms with Crippen LogP contribution in [0, 0.1) is 6.92 Å². The number of nitrogens with one attached hydrogen (secondary N) is 1. The highest BCUT2D eigenvalue weighted by Crippen LogP contribution is 2.42. The standard InChI is InChI=1S/C30H29ClF4N4O7S2/c1-16-8-17(31)9-20(19-2-3-36-22-10-18(48-27(19)22)11-39-25(41)15-47-29(39)43)26(16)46-23-13-38(12-21(23)32)24(40)14-45-7-6-44-5-4-37-28(42)30(33,34)35/h2-3,8-10,21,23H,4-7,11-15H2,1H3,(H,37,42)/t21-,23+/m0/s1. The molecule has 0 spiro atoms. The van der Waals surface area contributed by atoms with Crippen LogP contribution in [0.1, 0.15) is 10.4 Å². The van der Waals surface area contributed by atoms with Crippen LogP contribution in [0.2, 0.25) is 5.02 Å². The number of ether oxygens (including phenoxy) is 3. The van der Waals surface area contributed by atoms with Crippen molar-refractivity contribution >= 4 is 67.9 Å². The fourth-order valence-electron chi connectivity index (χ4n) is 5.06. The highest BCUT2D eigenvalue weighted by atomic mass is 35.5. The SMILES string of the molecule is Cc1cc(Cl)cc(-c2ccnc3cc(CN4C(=O)CSC4=O)sc23)c1O[C@@H]1CN(C(=O)COCCOCCNC(=O)C(F)(F)F)C[C@@H]1F. The van der Waals surface area contributed by atoms with Gasteiger partial charge in [0.2, 0.25) is 11.8 Å². The molecule has 11 nitrogen and oxygen atoms in total. The van der Waals surface area contributed by atoms with Crippen LogP contribution in [-0.2, 0) is 30.4 Å². The molecule has 2 saturated heterocycles. The first-order valence-corrected chi connectivity index (χ1v) is 16.7. The van der Waals surface area contributed by atoms with Crippen molar-refractivity contribution in [1.82, 2.24) is 20.1 Å². The molecule has 5 rings (SSSR count). The minimum atomic E-state index is -4.97. The second-order valence-electron chi connectivity index (χ2n) is 10.8. The molecular formula is C30H29ClF4N4O7S2. The number of hydrogen-bond donors (Lipinski definition) is 1. The molecule has 3 aromatic rings. The van der Waals surface area contributed by atoms with Crippen molar-refractivity contribution in [2.45, 2.75) is 31.9 Å². The number of amides is 4. The molecule has 0 aliphatic carbocycles. The smallest absolute Gasteiger partial charge is 0.471 e. The van der Waals surface area contributed by atoms with Crippen LogP contribution in [0.5, 0.6) is 5.75 Å². The lowest BCUT2D eigenvalue weighted by atomic mass is 10.0. The number of halogens is 5. The highest BCUT2D eigenvalue weighted by Gasteiger charge is 2.39. The summed E-state index contributed by atoms with van der Waals surface area (Å²) in [6.45, 7) is 0.648. The number of thiophene rings is 1. The number of carbonyl (C=O) groups excluding carboxylic acids is 4. The zero-order chi connectivity index (χ0) is 34.6. The lowest BCUT2D eigenvalue weighted by Crippen LogP contribution is -2.38. The molecule has 4 heterocycles. The number of aromatic nitrogens is 1. The van der Waals surface area contributed by atoms with E-state index in [1.165, 1.54) is 21.1 Å². The third-order valence-corrected chi connectivity index (χ3v) is 9.57. The third kappa shape index (κ3) is 8.55. The van der Waals surface area contributed by atoms with Crippen LogP contribution in [-0.4, -0.2) is 108 Å². The Balaban J connectivity index is 1.19. The molecule has 0 saturated carbocycles. The number of alkyl halides is 4. The number of thioether (sulfide) groups is 1. The second kappa shape index (κ2) is 15.4. The molecule has 2 atom stereocenters.